The van der Waals surface area contributed by atoms with Gasteiger partial charge in [0.05, 0.1) is 6.61 Å². The summed E-state index contributed by atoms with van der Waals surface area (Å²) in [6, 6.07) is 0.655. The van der Waals surface area contributed by atoms with E-state index in [4.69, 9.17) is 4.74 Å². The minimum absolute atomic E-state index is 0.655. The molecule has 0 amide bonds. The largest absolute Gasteiger partial charge is 0.380 e. The van der Waals surface area contributed by atoms with Crippen LogP contribution in [0.5, 0.6) is 0 Å². The number of nitrogens with one attached hydrogen (secondary N) is 1. The zero-order valence-corrected chi connectivity index (χ0v) is 10.5. The molecule has 1 rings (SSSR count). The van der Waals surface area contributed by atoms with Gasteiger partial charge in [-0.3, -0.25) is 0 Å². The van der Waals surface area contributed by atoms with Crippen molar-refractivity contribution < 1.29 is 4.74 Å². The molecule has 1 N–H and O–H groups in total. The molecule has 3 heteroatoms. The van der Waals surface area contributed by atoms with E-state index in [1.807, 2.05) is 0 Å². The zero-order valence-electron chi connectivity index (χ0n) is 10.5. The standard InChI is InChI=1S/C12H26N2O/c1-4-15-8-7-14-6-5-12(3)13-9-11(2)10-14/h11-13H,4-10H2,1-3H3. The minimum Gasteiger partial charge on any atom is -0.380 e. The number of nitrogens with zero attached hydrogens (tertiary/aromatic N) is 1. The van der Waals surface area contributed by atoms with Crippen LogP contribution in [0.1, 0.15) is 27.2 Å². The Labute approximate surface area is 94.2 Å². The Morgan fingerprint density at radius 2 is 2.20 bits per heavy atom. The van der Waals surface area contributed by atoms with E-state index in [0.717, 1.165) is 32.2 Å². The normalized spacial score (nSPS) is 29.8. The maximum Gasteiger partial charge on any atom is 0.0593 e. The topological polar surface area (TPSA) is 24.5 Å². The Morgan fingerprint density at radius 3 is 2.93 bits per heavy atom. The summed E-state index contributed by atoms with van der Waals surface area (Å²) in [5.74, 6) is 0.745. The summed E-state index contributed by atoms with van der Waals surface area (Å²) >= 11 is 0. The monoisotopic (exact) mass is 214 g/mol. The molecule has 3 nitrogen and oxygen atoms in total. The Kier molecular flexibility index (Phi) is 6.22. The van der Waals surface area contributed by atoms with Gasteiger partial charge in [-0.25, -0.2) is 0 Å². The van der Waals surface area contributed by atoms with Crippen molar-refractivity contribution in [2.24, 2.45) is 5.92 Å². The average molecular weight is 214 g/mol. The van der Waals surface area contributed by atoms with Gasteiger partial charge in [-0.05, 0) is 39.3 Å². The fraction of sp³-hybridized carbons (Fsp3) is 1.00. The Morgan fingerprint density at radius 1 is 1.40 bits per heavy atom. The van der Waals surface area contributed by atoms with Crippen LogP contribution >= 0.6 is 0 Å². The molecule has 0 spiro atoms. The molecular formula is C12H26N2O. The number of hydrogen-bond acceptors (Lipinski definition) is 3. The van der Waals surface area contributed by atoms with E-state index in [1.54, 1.807) is 0 Å². The quantitative estimate of drug-likeness (QED) is 0.715. The van der Waals surface area contributed by atoms with Crippen LogP contribution in [0.4, 0.5) is 0 Å². The van der Waals surface area contributed by atoms with E-state index in [0.29, 0.717) is 6.04 Å². The number of ether oxygens (including phenoxy) is 1. The van der Waals surface area contributed by atoms with Crippen molar-refractivity contribution in [1.29, 1.82) is 0 Å². The fourth-order valence-corrected chi connectivity index (χ4v) is 2.02. The smallest absolute Gasteiger partial charge is 0.0593 e. The highest BCUT2D eigenvalue weighted by atomic mass is 16.5. The molecule has 1 fully saturated rings. The molecule has 1 aliphatic heterocycles. The van der Waals surface area contributed by atoms with Gasteiger partial charge in [0.15, 0.2) is 0 Å². The molecule has 0 aromatic heterocycles. The lowest BCUT2D eigenvalue weighted by atomic mass is 10.1. The van der Waals surface area contributed by atoms with Crippen LogP contribution in [-0.2, 0) is 4.74 Å². The first-order valence-electron chi connectivity index (χ1n) is 6.25. The molecule has 1 saturated heterocycles. The maximum absolute atomic E-state index is 5.41. The van der Waals surface area contributed by atoms with E-state index in [-0.39, 0.29) is 0 Å². The molecule has 90 valence electrons. The summed E-state index contributed by atoms with van der Waals surface area (Å²) in [6.07, 6.45) is 1.25. The first kappa shape index (κ1) is 12.9. The summed E-state index contributed by atoms with van der Waals surface area (Å²) in [4.78, 5) is 2.54. The van der Waals surface area contributed by atoms with Gasteiger partial charge in [0, 0.05) is 25.7 Å². The predicted molar refractivity (Wildman–Crippen MR) is 64.2 cm³/mol. The molecule has 2 atom stereocenters. The molecule has 0 radical (unpaired) electrons. The van der Waals surface area contributed by atoms with E-state index in [9.17, 15) is 0 Å². The number of hydrogen-bond donors (Lipinski definition) is 1. The molecule has 1 aliphatic rings. The predicted octanol–water partition coefficient (Wildman–Crippen LogP) is 1.34. The van der Waals surface area contributed by atoms with Crippen LogP contribution in [0.2, 0.25) is 0 Å². The van der Waals surface area contributed by atoms with Crippen LogP contribution in [-0.4, -0.2) is 50.3 Å². The van der Waals surface area contributed by atoms with Gasteiger partial charge in [0.1, 0.15) is 0 Å². The Bertz CT molecular complexity index is 164. The summed E-state index contributed by atoms with van der Waals surface area (Å²) in [6.45, 7) is 13.0. The van der Waals surface area contributed by atoms with Crippen LogP contribution in [0.15, 0.2) is 0 Å². The number of rotatable bonds is 4. The molecule has 0 saturated carbocycles. The zero-order chi connectivity index (χ0) is 11.1. The summed E-state index contributed by atoms with van der Waals surface area (Å²) in [5.41, 5.74) is 0. The second-order valence-electron chi connectivity index (χ2n) is 4.70. The minimum atomic E-state index is 0.655. The third-order valence-corrected chi connectivity index (χ3v) is 3.02. The summed E-state index contributed by atoms with van der Waals surface area (Å²) in [5, 5.41) is 3.56. The third-order valence-electron chi connectivity index (χ3n) is 3.02. The highest BCUT2D eigenvalue weighted by Crippen LogP contribution is 2.06. The van der Waals surface area contributed by atoms with Gasteiger partial charge in [0.25, 0.3) is 0 Å². The van der Waals surface area contributed by atoms with Crippen molar-refractivity contribution in [2.75, 3.05) is 39.4 Å². The van der Waals surface area contributed by atoms with Crippen LogP contribution in [0, 0.1) is 5.92 Å². The lowest BCUT2D eigenvalue weighted by molar-refractivity contribution is 0.101. The van der Waals surface area contributed by atoms with Gasteiger partial charge in [-0.2, -0.15) is 0 Å². The fourth-order valence-electron chi connectivity index (χ4n) is 2.02. The van der Waals surface area contributed by atoms with E-state index in [1.165, 1.54) is 19.5 Å². The molecule has 1 heterocycles. The maximum atomic E-state index is 5.41. The van der Waals surface area contributed by atoms with Gasteiger partial charge < -0.3 is 15.0 Å². The van der Waals surface area contributed by atoms with E-state index in [2.05, 4.69) is 31.0 Å². The molecule has 2 unspecified atom stereocenters. The van der Waals surface area contributed by atoms with Gasteiger partial charge >= 0.3 is 0 Å². The molecular weight excluding hydrogens is 188 g/mol. The van der Waals surface area contributed by atoms with Crippen molar-refractivity contribution in [2.45, 2.75) is 33.2 Å². The third kappa shape index (κ3) is 5.50. The summed E-state index contributed by atoms with van der Waals surface area (Å²) < 4.78 is 5.41. The van der Waals surface area contributed by atoms with Crippen molar-refractivity contribution in [3.8, 4) is 0 Å². The summed E-state index contributed by atoms with van der Waals surface area (Å²) in [7, 11) is 0. The second-order valence-corrected chi connectivity index (χ2v) is 4.70. The molecule has 0 aliphatic carbocycles. The van der Waals surface area contributed by atoms with Crippen LogP contribution in [0.3, 0.4) is 0 Å². The SMILES string of the molecule is CCOCCN1CCC(C)NCC(C)C1. The Hall–Kier alpha value is -0.120. The first-order chi connectivity index (χ1) is 7.22. The lowest BCUT2D eigenvalue weighted by Gasteiger charge is -2.31. The van der Waals surface area contributed by atoms with Crippen molar-refractivity contribution in [3.05, 3.63) is 0 Å². The highest BCUT2D eigenvalue weighted by molar-refractivity contribution is 4.73. The van der Waals surface area contributed by atoms with E-state index >= 15 is 0 Å². The van der Waals surface area contributed by atoms with E-state index < -0.39 is 0 Å². The van der Waals surface area contributed by atoms with Crippen LogP contribution in [0.25, 0.3) is 0 Å². The van der Waals surface area contributed by atoms with Gasteiger partial charge in [-0.15, -0.1) is 0 Å². The molecule has 15 heavy (non-hydrogen) atoms. The highest BCUT2D eigenvalue weighted by Gasteiger charge is 2.15. The molecule has 0 aromatic carbocycles. The van der Waals surface area contributed by atoms with Crippen molar-refractivity contribution >= 4 is 0 Å². The average Bonchev–Trinajstić information content (AvgIpc) is 2.21. The second kappa shape index (κ2) is 7.20. The molecule has 0 bridgehead atoms. The Balaban J connectivity index is 2.27. The van der Waals surface area contributed by atoms with Gasteiger partial charge in [0.2, 0.25) is 0 Å². The van der Waals surface area contributed by atoms with Crippen molar-refractivity contribution in [3.63, 3.8) is 0 Å². The van der Waals surface area contributed by atoms with Gasteiger partial charge in [-0.1, -0.05) is 6.92 Å². The first-order valence-corrected chi connectivity index (χ1v) is 6.25. The lowest BCUT2D eigenvalue weighted by Crippen LogP contribution is -2.43. The molecule has 0 aromatic rings. The van der Waals surface area contributed by atoms with Crippen molar-refractivity contribution in [1.82, 2.24) is 10.2 Å². The van der Waals surface area contributed by atoms with Crippen LogP contribution < -0.4 is 5.32 Å².